The highest BCUT2D eigenvalue weighted by Gasteiger charge is 2.03. The largest absolute Gasteiger partial charge is 0.465 e. The van der Waals surface area contributed by atoms with Gasteiger partial charge in [-0.05, 0) is 18.8 Å². The van der Waals surface area contributed by atoms with Gasteiger partial charge >= 0.3 is 5.97 Å². The standard InChI is InChI=1S/C22H44O3/c1-21(2)20-25-22(24)18-16-14-12-10-8-6-4-3-5-7-9-11-13-15-17-19-23/h21,23H,3-20H2,1-2H3. The highest BCUT2D eigenvalue weighted by Crippen LogP contribution is 2.13. The van der Waals surface area contributed by atoms with Crippen LogP contribution in [0.3, 0.4) is 0 Å². The quantitative estimate of drug-likeness (QED) is 0.214. The highest BCUT2D eigenvalue weighted by atomic mass is 16.5. The van der Waals surface area contributed by atoms with E-state index in [1.54, 1.807) is 0 Å². The van der Waals surface area contributed by atoms with Crippen LogP contribution in [0.15, 0.2) is 0 Å². The molecule has 0 radical (unpaired) electrons. The summed E-state index contributed by atoms with van der Waals surface area (Å²) in [5, 5.41) is 8.71. The molecule has 0 saturated heterocycles. The summed E-state index contributed by atoms with van der Waals surface area (Å²) >= 11 is 0. The van der Waals surface area contributed by atoms with Gasteiger partial charge in [-0.25, -0.2) is 0 Å². The summed E-state index contributed by atoms with van der Waals surface area (Å²) < 4.78 is 5.18. The van der Waals surface area contributed by atoms with Gasteiger partial charge in [0.15, 0.2) is 0 Å². The van der Waals surface area contributed by atoms with Gasteiger partial charge < -0.3 is 9.84 Å². The zero-order chi connectivity index (χ0) is 18.6. The van der Waals surface area contributed by atoms with Crippen molar-refractivity contribution in [3.8, 4) is 0 Å². The van der Waals surface area contributed by atoms with E-state index in [1.807, 2.05) is 0 Å². The molecular weight excluding hydrogens is 312 g/mol. The van der Waals surface area contributed by atoms with Crippen LogP contribution in [0, 0.1) is 5.92 Å². The number of carbonyl (C=O) groups excluding carboxylic acids is 1. The van der Waals surface area contributed by atoms with Crippen LogP contribution in [0.1, 0.15) is 117 Å². The zero-order valence-corrected chi connectivity index (χ0v) is 17.1. The molecule has 0 atom stereocenters. The second-order valence-corrected chi connectivity index (χ2v) is 7.85. The van der Waals surface area contributed by atoms with Gasteiger partial charge in [0.05, 0.1) is 6.61 Å². The molecule has 0 saturated carbocycles. The molecule has 0 aliphatic heterocycles. The van der Waals surface area contributed by atoms with Gasteiger partial charge in [-0.3, -0.25) is 4.79 Å². The van der Waals surface area contributed by atoms with Gasteiger partial charge in [0, 0.05) is 13.0 Å². The van der Waals surface area contributed by atoms with E-state index >= 15 is 0 Å². The molecule has 0 fully saturated rings. The number of unbranched alkanes of at least 4 members (excludes halogenated alkanes) is 14. The van der Waals surface area contributed by atoms with E-state index in [9.17, 15) is 4.79 Å². The summed E-state index contributed by atoms with van der Waals surface area (Å²) in [6.45, 7) is 5.04. The molecule has 0 aliphatic carbocycles. The fourth-order valence-corrected chi connectivity index (χ4v) is 3.01. The van der Waals surface area contributed by atoms with Crippen molar-refractivity contribution in [2.45, 2.75) is 117 Å². The summed E-state index contributed by atoms with van der Waals surface area (Å²) in [6, 6.07) is 0. The van der Waals surface area contributed by atoms with E-state index in [2.05, 4.69) is 13.8 Å². The van der Waals surface area contributed by atoms with Crippen molar-refractivity contribution >= 4 is 5.97 Å². The van der Waals surface area contributed by atoms with E-state index in [1.165, 1.54) is 77.0 Å². The van der Waals surface area contributed by atoms with Gasteiger partial charge in [0.25, 0.3) is 0 Å². The molecule has 150 valence electrons. The highest BCUT2D eigenvalue weighted by molar-refractivity contribution is 5.69. The van der Waals surface area contributed by atoms with Crippen LogP contribution < -0.4 is 0 Å². The van der Waals surface area contributed by atoms with Crippen molar-refractivity contribution in [2.75, 3.05) is 13.2 Å². The average Bonchev–Trinajstić information content (AvgIpc) is 2.59. The molecule has 0 aliphatic rings. The molecule has 0 aromatic heterocycles. The Morgan fingerprint density at radius 1 is 0.680 bits per heavy atom. The predicted molar refractivity (Wildman–Crippen MR) is 107 cm³/mol. The first kappa shape index (κ1) is 24.4. The normalized spacial score (nSPS) is 11.2. The van der Waals surface area contributed by atoms with Crippen molar-refractivity contribution < 1.29 is 14.6 Å². The molecule has 25 heavy (non-hydrogen) atoms. The number of hydrogen-bond donors (Lipinski definition) is 1. The molecule has 0 unspecified atom stereocenters. The third kappa shape index (κ3) is 21.4. The molecule has 3 heteroatoms. The first-order chi connectivity index (χ1) is 12.2. The van der Waals surface area contributed by atoms with Crippen LogP contribution in [0.2, 0.25) is 0 Å². The lowest BCUT2D eigenvalue weighted by atomic mass is 10.0. The molecule has 3 nitrogen and oxygen atoms in total. The maximum absolute atomic E-state index is 11.5. The first-order valence-electron chi connectivity index (χ1n) is 10.9. The topological polar surface area (TPSA) is 46.5 Å². The maximum Gasteiger partial charge on any atom is 0.305 e. The lowest BCUT2D eigenvalue weighted by molar-refractivity contribution is -0.144. The fraction of sp³-hybridized carbons (Fsp3) is 0.955. The molecule has 1 N–H and O–H groups in total. The van der Waals surface area contributed by atoms with Gasteiger partial charge in [-0.1, -0.05) is 97.3 Å². The van der Waals surface area contributed by atoms with Crippen LogP contribution in [0.25, 0.3) is 0 Å². The number of aliphatic hydroxyl groups excluding tert-OH is 1. The van der Waals surface area contributed by atoms with E-state index in [0.717, 1.165) is 19.3 Å². The number of aliphatic hydroxyl groups is 1. The van der Waals surface area contributed by atoms with E-state index in [4.69, 9.17) is 9.84 Å². The Morgan fingerprint density at radius 3 is 1.40 bits per heavy atom. The van der Waals surface area contributed by atoms with Crippen LogP contribution in [0.4, 0.5) is 0 Å². The third-order valence-electron chi connectivity index (χ3n) is 4.62. The minimum absolute atomic E-state index is 0.0258. The predicted octanol–water partition coefficient (Wildman–Crippen LogP) is 6.42. The third-order valence-corrected chi connectivity index (χ3v) is 4.62. The van der Waals surface area contributed by atoms with Gasteiger partial charge in [-0.15, -0.1) is 0 Å². The zero-order valence-electron chi connectivity index (χ0n) is 17.1. The second-order valence-electron chi connectivity index (χ2n) is 7.85. The van der Waals surface area contributed by atoms with E-state index < -0.39 is 0 Å². The van der Waals surface area contributed by atoms with Crippen molar-refractivity contribution in [3.63, 3.8) is 0 Å². The summed E-state index contributed by atoms with van der Waals surface area (Å²) in [4.78, 5) is 11.5. The molecule has 0 bridgehead atoms. The number of hydrogen-bond acceptors (Lipinski definition) is 3. The average molecular weight is 357 g/mol. The maximum atomic E-state index is 11.5. The van der Waals surface area contributed by atoms with E-state index in [0.29, 0.717) is 25.6 Å². The molecule has 0 heterocycles. The van der Waals surface area contributed by atoms with Crippen molar-refractivity contribution in [1.29, 1.82) is 0 Å². The number of rotatable bonds is 19. The smallest absolute Gasteiger partial charge is 0.305 e. The monoisotopic (exact) mass is 356 g/mol. The van der Waals surface area contributed by atoms with Crippen molar-refractivity contribution in [2.24, 2.45) is 5.92 Å². The number of esters is 1. The van der Waals surface area contributed by atoms with Crippen LogP contribution in [-0.4, -0.2) is 24.3 Å². The second kappa shape index (κ2) is 19.8. The molecule has 0 aromatic carbocycles. The Morgan fingerprint density at radius 2 is 1.04 bits per heavy atom. The SMILES string of the molecule is CC(C)COC(=O)CCCCCCCCCCCCCCCCCO. The van der Waals surface area contributed by atoms with Crippen LogP contribution in [-0.2, 0) is 9.53 Å². The Hall–Kier alpha value is -0.570. The lowest BCUT2D eigenvalue weighted by Gasteiger charge is -2.07. The first-order valence-corrected chi connectivity index (χ1v) is 10.9. The number of carbonyl (C=O) groups is 1. The van der Waals surface area contributed by atoms with Crippen molar-refractivity contribution in [3.05, 3.63) is 0 Å². The summed E-state index contributed by atoms with van der Waals surface area (Å²) in [6.07, 6.45) is 19.7. The van der Waals surface area contributed by atoms with E-state index in [-0.39, 0.29) is 5.97 Å². The summed E-state index contributed by atoms with van der Waals surface area (Å²) in [7, 11) is 0. The minimum atomic E-state index is -0.0258. The molecule has 0 spiro atoms. The van der Waals surface area contributed by atoms with Gasteiger partial charge in [0.2, 0.25) is 0 Å². The minimum Gasteiger partial charge on any atom is -0.465 e. The molecular formula is C22H44O3. The summed E-state index contributed by atoms with van der Waals surface area (Å²) in [5.74, 6) is 0.405. The Balaban J connectivity index is 3.08. The molecule has 0 aromatic rings. The lowest BCUT2D eigenvalue weighted by Crippen LogP contribution is -2.09. The summed E-state index contributed by atoms with van der Waals surface area (Å²) in [5.41, 5.74) is 0. The Bertz CT molecular complexity index is 276. The molecule has 0 amide bonds. The van der Waals surface area contributed by atoms with Gasteiger partial charge in [0.1, 0.15) is 0 Å². The van der Waals surface area contributed by atoms with Gasteiger partial charge in [-0.2, -0.15) is 0 Å². The van der Waals surface area contributed by atoms with Crippen LogP contribution >= 0.6 is 0 Å². The Kier molecular flexibility index (Phi) is 19.3. The fourth-order valence-electron chi connectivity index (χ4n) is 3.01. The van der Waals surface area contributed by atoms with Crippen LogP contribution in [0.5, 0.6) is 0 Å². The molecule has 0 rings (SSSR count). The van der Waals surface area contributed by atoms with Crippen molar-refractivity contribution in [1.82, 2.24) is 0 Å². The Labute approximate surface area is 156 Å². The number of ether oxygens (including phenoxy) is 1.